The second kappa shape index (κ2) is 7.72. The van der Waals surface area contributed by atoms with Crippen LogP contribution in [0.1, 0.15) is 51.7 Å². The molecule has 1 spiro atoms. The third kappa shape index (κ3) is 4.11. The Morgan fingerprint density at radius 3 is 2.48 bits per heavy atom. The van der Waals surface area contributed by atoms with Crippen molar-refractivity contribution in [2.24, 2.45) is 5.41 Å². The van der Waals surface area contributed by atoms with Gasteiger partial charge in [0.2, 0.25) is 5.69 Å². The number of likely N-dealkylation sites (tertiary alicyclic amines) is 1. The van der Waals surface area contributed by atoms with Crippen LogP contribution >= 0.6 is 11.6 Å². The molecule has 0 aromatic carbocycles. The van der Waals surface area contributed by atoms with Crippen molar-refractivity contribution in [3.8, 4) is 6.07 Å². The fraction of sp³-hybridized carbons (Fsp3) is 0.619. The molecule has 0 N–H and O–H groups in total. The molecular weight excluding hydrogens is 390 g/mol. The molecule has 8 heteroatoms. The van der Waals surface area contributed by atoms with E-state index in [0.29, 0.717) is 42.1 Å². The number of halogens is 1. The Morgan fingerprint density at radius 1 is 1.38 bits per heavy atom. The third-order valence-corrected chi connectivity index (χ3v) is 5.89. The zero-order valence-corrected chi connectivity index (χ0v) is 18.1. The second-order valence-electron chi connectivity index (χ2n) is 8.83. The highest BCUT2D eigenvalue weighted by Gasteiger charge is 2.48. The molecular formula is C21H26ClN5O2. The van der Waals surface area contributed by atoms with Gasteiger partial charge in [0.1, 0.15) is 22.6 Å². The average molecular weight is 416 g/mol. The summed E-state index contributed by atoms with van der Waals surface area (Å²) in [6.07, 6.45) is 2.11. The van der Waals surface area contributed by atoms with Gasteiger partial charge in [-0.3, -0.25) is 0 Å². The number of anilines is 1. The Morgan fingerprint density at radius 2 is 2.00 bits per heavy atom. The second-order valence-corrected chi connectivity index (χ2v) is 9.19. The molecule has 3 heterocycles. The molecule has 0 unspecified atom stereocenters. The Bertz CT molecular complexity index is 894. The molecule has 7 nitrogen and oxygen atoms in total. The Labute approximate surface area is 177 Å². The van der Waals surface area contributed by atoms with Gasteiger partial charge >= 0.3 is 6.09 Å². The lowest BCUT2D eigenvalue weighted by Crippen LogP contribution is -2.62. The van der Waals surface area contributed by atoms with Gasteiger partial charge in [-0.25, -0.2) is 14.6 Å². The van der Waals surface area contributed by atoms with E-state index in [4.69, 9.17) is 22.9 Å². The summed E-state index contributed by atoms with van der Waals surface area (Å²) in [4.78, 5) is 24.1. The molecule has 29 heavy (non-hydrogen) atoms. The summed E-state index contributed by atoms with van der Waals surface area (Å²) in [7, 11) is 0. The van der Waals surface area contributed by atoms with E-state index in [1.165, 1.54) is 0 Å². The summed E-state index contributed by atoms with van der Waals surface area (Å²) < 4.78 is 5.45. The van der Waals surface area contributed by atoms with Gasteiger partial charge in [-0.1, -0.05) is 18.5 Å². The predicted octanol–water partition coefficient (Wildman–Crippen LogP) is 4.56. The number of aromatic nitrogens is 1. The molecule has 2 fully saturated rings. The van der Waals surface area contributed by atoms with Crippen LogP contribution < -0.4 is 4.90 Å². The molecule has 1 aromatic rings. The molecule has 154 valence electrons. The van der Waals surface area contributed by atoms with Crippen LogP contribution in [0.25, 0.3) is 4.85 Å². The van der Waals surface area contributed by atoms with Gasteiger partial charge in [0.15, 0.2) is 0 Å². The number of nitriles is 1. The maximum absolute atomic E-state index is 12.2. The van der Waals surface area contributed by atoms with Crippen molar-refractivity contribution in [3.63, 3.8) is 0 Å². The molecule has 3 rings (SSSR count). The number of hydrogen-bond donors (Lipinski definition) is 0. The van der Waals surface area contributed by atoms with Crippen molar-refractivity contribution in [2.45, 2.75) is 52.6 Å². The van der Waals surface area contributed by atoms with Gasteiger partial charge < -0.3 is 14.5 Å². The van der Waals surface area contributed by atoms with E-state index >= 15 is 0 Å². The molecule has 2 aliphatic rings. The number of ether oxygens (including phenoxy) is 1. The summed E-state index contributed by atoms with van der Waals surface area (Å²) in [6, 6.07) is 2.08. The Balaban J connectivity index is 1.70. The number of nitrogens with zero attached hydrogens (tertiary/aromatic N) is 5. The van der Waals surface area contributed by atoms with Gasteiger partial charge in [0, 0.05) is 31.6 Å². The SMILES string of the molecule is [C-]#[N+]c1c(N2CCC3(CC2)CN(C(=O)OC(C)(C)C)C3)nc(Cl)c(C#N)c1CC. The highest BCUT2D eigenvalue weighted by molar-refractivity contribution is 6.31. The monoisotopic (exact) mass is 415 g/mol. The number of carbonyl (C=O) groups excluding carboxylic acids is 1. The number of carbonyl (C=O) groups is 1. The van der Waals surface area contributed by atoms with Crippen LogP contribution in [0.4, 0.5) is 16.3 Å². The van der Waals surface area contributed by atoms with Crippen LogP contribution in [0.15, 0.2) is 0 Å². The van der Waals surface area contributed by atoms with E-state index < -0.39 is 5.60 Å². The van der Waals surface area contributed by atoms with Crippen LogP contribution in [0, 0.1) is 23.3 Å². The van der Waals surface area contributed by atoms with Crippen molar-refractivity contribution in [1.82, 2.24) is 9.88 Å². The molecule has 0 bridgehead atoms. The van der Waals surface area contributed by atoms with Gasteiger partial charge in [-0.05, 0) is 45.6 Å². The summed E-state index contributed by atoms with van der Waals surface area (Å²) in [5.74, 6) is 0.569. The van der Waals surface area contributed by atoms with Crippen molar-refractivity contribution in [3.05, 3.63) is 27.7 Å². The lowest BCUT2D eigenvalue weighted by atomic mass is 9.72. The minimum Gasteiger partial charge on any atom is -0.444 e. The van der Waals surface area contributed by atoms with Crippen LogP contribution in [0.3, 0.4) is 0 Å². The minimum atomic E-state index is -0.489. The fourth-order valence-electron chi connectivity index (χ4n) is 4.10. The topological polar surface area (TPSA) is 73.8 Å². The van der Waals surface area contributed by atoms with Gasteiger partial charge in [0.25, 0.3) is 0 Å². The molecule has 2 aliphatic heterocycles. The summed E-state index contributed by atoms with van der Waals surface area (Å²) in [5.41, 5.74) is 1.00. The van der Waals surface area contributed by atoms with Crippen molar-refractivity contribution in [2.75, 3.05) is 31.1 Å². The molecule has 0 radical (unpaired) electrons. The Kier molecular flexibility index (Phi) is 5.65. The molecule has 0 atom stereocenters. The number of hydrogen-bond acceptors (Lipinski definition) is 5. The van der Waals surface area contributed by atoms with Gasteiger partial charge in [0.05, 0.1) is 12.1 Å². The van der Waals surface area contributed by atoms with E-state index in [2.05, 4.69) is 20.8 Å². The van der Waals surface area contributed by atoms with E-state index in [-0.39, 0.29) is 16.7 Å². The van der Waals surface area contributed by atoms with Gasteiger partial charge in [-0.15, -0.1) is 0 Å². The first kappa shape index (κ1) is 21.2. The fourth-order valence-corrected chi connectivity index (χ4v) is 4.34. The highest BCUT2D eigenvalue weighted by Crippen LogP contribution is 2.44. The largest absolute Gasteiger partial charge is 0.444 e. The smallest absolute Gasteiger partial charge is 0.410 e. The maximum Gasteiger partial charge on any atom is 0.410 e. The standard InChI is InChI=1S/C21H26ClN5O2/c1-6-14-15(11-23)17(22)25-18(16(14)24-5)26-9-7-21(8-10-26)12-27(13-21)19(28)29-20(2,3)4/h6-10,12-13H2,1-4H3. The lowest BCUT2D eigenvalue weighted by Gasteiger charge is -2.53. The highest BCUT2D eigenvalue weighted by atomic mass is 35.5. The summed E-state index contributed by atoms with van der Waals surface area (Å²) >= 11 is 6.24. The number of rotatable bonds is 2. The normalized spacial score (nSPS) is 18.0. The molecule has 1 aromatic heterocycles. The van der Waals surface area contributed by atoms with Gasteiger partial charge in [-0.2, -0.15) is 5.26 Å². The minimum absolute atomic E-state index is 0.107. The van der Waals surface area contributed by atoms with Crippen LogP contribution in [0.2, 0.25) is 5.15 Å². The molecule has 0 saturated carbocycles. The summed E-state index contributed by atoms with van der Waals surface area (Å²) in [6.45, 7) is 18.0. The van der Waals surface area contributed by atoms with E-state index in [1.54, 1.807) is 4.90 Å². The van der Waals surface area contributed by atoms with E-state index in [1.807, 2.05) is 27.7 Å². The van der Waals surface area contributed by atoms with E-state index in [9.17, 15) is 10.1 Å². The quantitative estimate of drug-likeness (QED) is 0.523. The predicted molar refractivity (Wildman–Crippen MR) is 111 cm³/mol. The maximum atomic E-state index is 12.2. The lowest BCUT2D eigenvalue weighted by molar-refractivity contribution is -0.0434. The van der Waals surface area contributed by atoms with Crippen LogP contribution in [-0.4, -0.2) is 47.8 Å². The first-order valence-corrected chi connectivity index (χ1v) is 10.2. The first-order valence-electron chi connectivity index (χ1n) is 9.86. The van der Waals surface area contributed by atoms with Crippen molar-refractivity contribution >= 4 is 29.2 Å². The zero-order valence-electron chi connectivity index (χ0n) is 17.4. The van der Waals surface area contributed by atoms with E-state index in [0.717, 1.165) is 25.9 Å². The van der Waals surface area contributed by atoms with Crippen molar-refractivity contribution < 1.29 is 9.53 Å². The number of piperidine rings is 1. The molecule has 2 saturated heterocycles. The molecule has 1 amide bonds. The number of amides is 1. The third-order valence-electron chi connectivity index (χ3n) is 5.61. The molecule has 0 aliphatic carbocycles. The average Bonchev–Trinajstić information content (AvgIpc) is 2.63. The zero-order chi connectivity index (χ0) is 21.4. The Hall–Kier alpha value is -2.51. The number of pyridine rings is 1. The summed E-state index contributed by atoms with van der Waals surface area (Å²) in [5, 5.41) is 9.53. The van der Waals surface area contributed by atoms with Crippen LogP contribution in [-0.2, 0) is 11.2 Å². The van der Waals surface area contributed by atoms with Crippen LogP contribution in [0.5, 0.6) is 0 Å². The van der Waals surface area contributed by atoms with Crippen molar-refractivity contribution in [1.29, 1.82) is 5.26 Å². The first-order chi connectivity index (χ1) is 13.6.